The van der Waals surface area contributed by atoms with E-state index in [9.17, 15) is 9.18 Å². The van der Waals surface area contributed by atoms with Crippen molar-refractivity contribution in [1.82, 2.24) is 15.1 Å². The molecule has 114 valence electrons. The maximum absolute atomic E-state index is 13.8. The quantitative estimate of drug-likeness (QED) is 0.918. The number of nitrogens with zero attached hydrogens (tertiary/aromatic N) is 3. The average molecular weight is 321 g/mol. The van der Waals surface area contributed by atoms with Crippen molar-refractivity contribution in [2.45, 2.75) is 19.4 Å². The van der Waals surface area contributed by atoms with Gasteiger partial charge in [-0.1, -0.05) is 17.7 Å². The van der Waals surface area contributed by atoms with Crippen molar-refractivity contribution in [2.75, 3.05) is 12.3 Å². The second kappa shape index (κ2) is 5.88. The lowest BCUT2D eigenvalue weighted by Crippen LogP contribution is -2.37. The fourth-order valence-corrected chi connectivity index (χ4v) is 2.75. The fourth-order valence-electron chi connectivity index (χ4n) is 2.52. The van der Waals surface area contributed by atoms with Crippen molar-refractivity contribution >= 4 is 23.3 Å². The predicted molar refractivity (Wildman–Crippen MR) is 80.7 cm³/mol. The number of halogens is 2. The summed E-state index contributed by atoms with van der Waals surface area (Å²) in [4.78, 5) is 14.1. The second-order valence-corrected chi connectivity index (χ2v) is 5.59. The Bertz CT molecular complexity index is 717. The molecule has 0 radical (unpaired) electrons. The predicted octanol–water partition coefficient (Wildman–Crippen LogP) is 1.98. The summed E-state index contributed by atoms with van der Waals surface area (Å²) in [6.45, 7) is 0.927. The number of rotatable bonds is 2. The van der Waals surface area contributed by atoms with Gasteiger partial charge >= 0.3 is 0 Å². The molecule has 5 nitrogen and oxygen atoms in total. The number of hydrogen-bond acceptors (Lipinski definition) is 4. The van der Waals surface area contributed by atoms with E-state index in [2.05, 4.69) is 10.2 Å². The SMILES string of the molecule is Nc1cc2c(nn1)CCN(C(=O)Cc1c(F)cccc1Cl)C2. The number of aromatic nitrogens is 2. The monoisotopic (exact) mass is 320 g/mol. The van der Waals surface area contributed by atoms with E-state index in [0.717, 1.165) is 11.3 Å². The standard InChI is InChI=1S/C15H14ClFN4O/c16-11-2-1-3-12(17)10(11)7-15(22)21-5-4-13-9(8-21)6-14(18)20-19-13/h1-3,6H,4-5,7-8H2,(H2,18,20). The van der Waals surface area contributed by atoms with Crippen LogP contribution in [0.2, 0.25) is 5.02 Å². The van der Waals surface area contributed by atoms with Gasteiger partial charge < -0.3 is 10.6 Å². The normalized spacial score (nSPS) is 13.8. The molecule has 0 saturated carbocycles. The van der Waals surface area contributed by atoms with Gasteiger partial charge in [-0.2, -0.15) is 5.10 Å². The molecule has 2 aromatic rings. The number of carbonyl (C=O) groups is 1. The highest BCUT2D eigenvalue weighted by Gasteiger charge is 2.23. The number of amides is 1. The highest BCUT2D eigenvalue weighted by atomic mass is 35.5. The highest BCUT2D eigenvalue weighted by molar-refractivity contribution is 6.31. The Morgan fingerprint density at radius 2 is 2.23 bits per heavy atom. The Labute approximate surface area is 131 Å². The minimum Gasteiger partial charge on any atom is -0.382 e. The summed E-state index contributed by atoms with van der Waals surface area (Å²) < 4.78 is 13.8. The van der Waals surface area contributed by atoms with E-state index in [-0.39, 0.29) is 22.9 Å². The number of fused-ring (bicyclic) bond motifs is 1. The van der Waals surface area contributed by atoms with Gasteiger partial charge in [-0.05, 0) is 23.8 Å². The van der Waals surface area contributed by atoms with E-state index < -0.39 is 5.82 Å². The molecule has 1 amide bonds. The summed E-state index contributed by atoms with van der Waals surface area (Å²) in [6.07, 6.45) is 0.550. The first-order chi connectivity index (χ1) is 10.5. The van der Waals surface area contributed by atoms with Crippen LogP contribution in [0.25, 0.3) is 0 Å². The number of hydrogen-bond donors (Lipinski definition) is 1. The molecular weight excluding hydrogens is 307 g/mol. The van der Waals surface area contributed by atoms with E-state index in [1.807, 2.05) is 0 Å². The molecule has 0 aliphatic carbocycles. The van der Waals surface area contributed by atoms with Gasteiger partial charge in [0.1, 0.15) is 11.6 Å². The van der Waals surface area contributed by atoms with Crippen molar-refractivity contribution in [3.05, 3.63) is 51.9 Å². The van der Waals surface area contributed by atoms with Crippen LogP contribution in [0.4, 0.5) is 10.2 Å². The smallest absolute Gasteiger partial charge is 0.227 e. The van der Waals surface area contributed by atoms with Crippen molar-refractivity contribution in [3.63, 3.8) is 0 Å². The average Bonchev–Trinajstić information content (AvgIpc) is 2.50. The molecule has 1 aromatic carbocycles. The lowest BCUT2D eigenvalue weighted by atomic mass is 10.0. The van der Waals surface area contributed by atoms with Crippen molar-refractivity contribution < 1.29 is 9.18 Å². The maximum atomic E-state index is 13.8. The second-order valence-electron chi connectivity index (χ2n) is 5.18. The van der Waals surface area contributed by atoms with Crippen LogP contribution in [0.3, 0.4) is 0 Å². The zero-order valence-electron chi connectivity index (χ0n) is 11.7. The van der Waals surface area contributed by atoms with Crippen LogP contribution in [0.15, 0.2) is 24.3 Å². The molecule has 22 heavy (non-hydrogen) atoms. The van der Waals surface area contributed by atoms with Gasteiger partial charge in [-0.25, -0.2) is 4.39 Å². The number of carbonyl (C=O) groups excluding carboxylic acids is 1. The van der Waals surface area contributed by atoms with Gasteiger partial charge in [0.25, 0.3) is 0 Å². The third-order valence-corrected chi connectivity index (χ3v) is 4.06. The highest BCUT2D eigenvalue weighted by Crippen LogP contribution is 2.22. The molecule has 0 spiro atoms. The van der Waals surface area contributed by atoms with E-state index in [1.165, 1.54) is 12.1 Å². The number of anilines is 1. The molecule has 2 N–H and O–H groups in total. The number of nitrogen functional groups attached to an aromatic ring is 1. The fraction of sp³-hybridized carbons (Fsp3) is 0.267. The minimum atomic E-state index is -0.464. The molecule has 3 rings (SSSR count). The van der Waals surface area contributed by atoms with Gasteiger partial charge in [-0.15, -0.1) is 5.10 Å². The Balaban J connectivity index is 1.77. The topological polar surface area (TPSA) is 72.1 Å². The Morgan fingerprint density at radius 3 is 3.00 bits per heavy atom. The lowest BCUT2D eigenvalue weighted by molar-refractivity contribution is -0.131. The molecule has 0 atom stereocenters. The number of nitrogens with two attached hydrogens (primary N) is 1. The maximum Gasteiger partial charge on any atom is 0.227 e. The summed E-state index contributed by atoms with van der Waals surface area (Å²) in [5, 5.41) is 8.11. The van der Waals surface area contributed by atoms with E-state index in [4.69, 9.17) is 17.3 Å². The zero-order valence-corrected chi connectivity index (χ0v) is 12.5. The Morgan fingerprint density at radius 1 is 1.41 bits per heavy atom. The van der Waals surface area contributed by atoms with Crippen molar-refractivity contribution in [2.24, 2.45) is 0 Å². The van der Waals surface area contributed by atoms with Crippen LogP contribution in [-0.2, 0) is 24.2 Å². The summed E-state index contributed by atoms with van der Waals surface area (Å²) >= 11 is 5.97. The van der Waals surface area contributed by atoms with Crippen LogP contribution in [-0.4, -0.2) is 27.5 Å². The van der Waals surface area contributed by atoms with Gasteiger partial charge in [0, 0.05) is 30.1 Å². The van der Waals surface area contributed by atoms with E-state index in [0.29, 0.717) is 25.3 Å². The zero-order chi connectivity index (χ0) is 15.7. The van der Waals surface area contributed by atoms with Crippen LogP contribution >= 0.6 is 11.6 Å². The van der Waals surface area contributed by atoms with Crippen LogP contribution < -0.4 is 5.73 Å². The van der Waals surface area contributed by atoms with Crippen LogP contribution in [0, 0.1) is 5.82 Å². The summed E-state index contributed by atoms with van der Waals surface area (Å²) in [5.74, 6) is -0.313. The summed E-state index contributed by atoms with van der Waals surface area (Å²) in [5.41, 5.74) is 7.58. The first-order valence-corrected chi connectivity index (χ1v) is 7.24. The molecular formula is C15H14ClFN4O. The number of benzene rings is 1. The molecule has 1 aliphatic rings. The third kappa shape index (κ3) is 2.87. The molecule has 0 unspecified atom stereocenters. The molecule has 0 saturated heterocycles. The van der Waals surface area contributed by atoms with Crippen LogP contribution in [0.1, 0.15) is 16.8 Å². The molecule has 0 bridgehead atoms. The summed E-state index contributed by atoms with van der Waals surface area (Å²) in [6, 6.07) is 6.12. The molecule has 1 aromatic heterocycles. The lowest BCUT2D eigenvalue weighted by Gasteiger charge is -2.28. The van der Waals surface area contributed by atoms with E-state index in [1.54, 1.807) is 17.0 Å². The largest absolute Gasteiger partial charge is 0.382 e. The molecule has 7 heteroatoms. The summed E-state index contributed by atoms with van der Waals surface area (Å²) in [7, 11) is 0. The Kier molecular flexibility index (Phi) is 3.94. The molecule has 1 aliphatic heterocycles. The van der Waals surface area contributed by atoms with Gasteiger partial charge in [-0.3, -0.25) is 4.79 Å². The van der Waals surface area contributed by atoms with E-state index >= 15 is 0 Å². The van der Waals surface area contributed by atoms with Gasteiger partial charge in [0.05, 0.1) is 12.1 Å². The Hall–Kier alpha value is -2.21. The first-order valence-electron chi connectivity index (χ1n) is 6.86. The first kappa shape index (κ1) is 14.7. The van der Waals surface area contributed by atoms with Crippen molar-refractivity contribution in [3.8, 4) is 0 Å². The minimum absolute atomic E-state index is 0.0607. The van der Waals surface area contributed by atoms with Crippen LogP contribution in [0.5, 0.6) is 0 Å². The van der Waals surface area contributed by atoms with Gasteiger partial charge in [0.2, 0.25) is 5.91 Å². The molecule has 0 fully saturated rings. The van der Waals surface area contributed by atoms with Crippen molar-refractivity contribution in [1.29, 1.82) is 0 Å². The third-order valence-electron chi connectivity index (χ3n) is 3.70. The van der Waals surface area contributed by atoms with Gasteiger partial charge in [0.15, 0.2) is 0 Å². The molecule has 2 heterocycles.